The van der Waals surface area contributed by atoms with E-state index in [1.165, 1.54) is 5.56 Å². The Morgan fingerprint density at radius 3 is 2.29 bits per heavy atom. The molecule has 1 atom stereocenters. The highest BCUT2D eigenvalue weighted by Gasteiger charge is 2.39. The summed E-state index contributed by atoms with van der Waals surface area (Å²) in [5.41, 5.74) is 3.31. The molecule has 4 heteroatoms. The van der Waals surface area contributed by atoms with Crippen LogP contribution in [0.5, 0.6) is 0 Å². The number of hydrogen-bond acceptors (Lipinski definition) is 1. The van der Waals surface area contributed by atoms with E-state index in [9.17, 15) is 0 Å². The molecule has 1 unspecified atom stereocenters. The van der Waals surface area contributed by atoms with Crippen LogP contribution in [0, 0.1) is 0 Å². The van der Waals surface area contributed by atoms with Crippen molar-refractivity contribution in [2.24, 2.45) is 0 Å². The Kier molecular flexibility index (Phi) is 4.17. The first kappa shape index (κ1) is 14.8. The van der Waals surface area contributed by atoms with Crippen molar-refractivity contribution >= 4 is 40.9 Å². The van der Waals surface area contributed by atoms with Gasteiger partial charge in [-0.2, -0.15) is 0 Å². The van der Waals surface area contributed by atoms with Crippen molar-refractivity contribution in [1.82, 2.24) is 4.90 Å². The Morgan fingerprint density at radius 1 is 0.905 bits per heavy atom. The highest BCUT2D eigenvalue weighted by molar-refractivity contribution is 6.68. The van der Waals surface area contributed by atoms with Gasteiger partial charge in [0, 0.05) is 12.7 Å². The molecule has 2 aromatic carbocycles. The van der Waals surface area contributed by atoms with Crippen LogP contribution in [0.4, 0.5) is 0 Å². The molecule has 3 rings (SSSR count). The molecule has 2 aromatic rings. The number of nitrogens with zero attached hydrogens (tertiary/aromatic N) is 1. The Bertz CT molecular complexity index is 647. The third kappa shape index (κ3) is 3.21. The van der Waals surface area contributed by atoms with E-state index in [0.29, 0.717) is 6.54 Å². The summed E-state index contributed by atoms with van der Waals surface area (Å²) in [5, 5.41) is 0. The van der Waals surface area contributed by atoms with E-state index in [4.69, 9.17) is 34.8 Å². The zero-order valence-corrected chi connectivity index (χ0v) is 13.5. The second kappa shape index (κ2) is 5.92. The molecule has 0 amide bonds. The van der Waals surface area contributed by atoms with Gasteiger partial charge in [0.15, 0.2) is 0 Å². The molecule has 1 nitrogen and oxygen atoms in total. The predicted molar refractivity (Wildman–Crippen MR) is 90.5 cm³/mol. The van der Waals surface area contributed by atoms with Crippen LogP contribution in [0.15, 0.2) is 60.8 Å². The van der Waals surface area contributed by atoms with Crippen molar-refractivity contribution in [3.8, 4) is 0 Å². The first-order valence-corrected chi connectivity index (χ1v) is 7.82. The maximum atomic E-state index is 6.26. The van der Waals surface area contributed by atoms with Crippen LogP contribution in [0.1, 0.15) is 22.7 Å². The van der Waals surface area contributed by atoms with Crippen molar-refractivity contribution in [3.05, 3.63) is 77.5 Å². The summed E-state index contributed by atoms with van der Waals surface area (Å²) in [6.45, 7) is 0.699. The maximum absolute atomic E-state index is 6.26. The smallest absolute Gasteiger partial charge is 0.214 e. The quantitative estimate of drug-likeness (QED) is 0.646. The molecule has 0 aromatic heterocycles. The number of fused-ring (bicyclic) bond motifs is 1. The van der Waals surface area contributed by atoms with Crippen molar-refractivity contribution in [2.45, 2.75) is 16.4 Å². The van der Waals surface area contributed by atoms with Gasteiger partial charge in [-0.25, -0.2) is 0 Å². The molecule has 108 valence electrons. The molecule has 0 bridgehead atoms. The monoisotopic (exact) mass is 337 g/mol. The summed E-state index contributed by atoms with van der Waals surface area (Å²) in [4.78, 5) is 2.07. The third-order valence-electron chi connectivity index (χ3n) is 3.59. The zero-order chi connectivity index (χ0) is 14.9. The van der Waals surface area contributed by atoms with Crippen LogP contribution in [0.25, 0.3) is 6.08 Å². The van der Waals surface area contributed by atoms with E-state index in [-0.39, 0.29) is 6.04 Å². The number of benzene rings is 2. The largest absolute Gasteiger partial charge is 0.362 e. The average Bonchev–Trinajstić information content (AvgIpc) is 2.47. The second-order valence-corrected chi connectivity index (χ2v) is 7.42. The van der Waals surface area contributed by atoms with Gasteiger partial charge >= 0.3 is 0 Å². The molecule has 1 aliphatic heterocycles. The predicted octanol–water partition coefficient (Wildman–Crippen LogP) is 5.58. The minimum Gasteiger partial charge on any atom is -0.362 e. The van der Waals surface area contributed by atoms with Gasteiger partial charge in [-0.3, -0.25) is 0 Å². The Balaban J connectivity index is 1.97. The minimum absolute atomic E-state index is 0.302. The molecule has 1 aliphatic rings. The third-order valence-corrected chi connectivity index (χ3v) is 4.21. The molecule has 0 saturated carbocycles. The van der Waals surface area contributed by atoms with Crippen LogP contribution in [-0.2, 0) is 6.54 Å². The Labute approximate surface area is 139 Å². The van der Waals surface area contributed by atoms with Crippen LogP contribution >= 0.6 is 34.8 Å². The molecular formula is C17H14Cl3N. The van der Waals surface area contributed by atoms with Gasteiger partial charge in [0.1, 0.15) is 6.04 Å². The van der Waals surface area contributed by atoms with Gasteiger partial charge in [-0.15, -0.1) is 0 Å². The molecule has 0 spiro atoms. The fourth-order valence-electron chi connectivity index (χ4n) is 2.66. The van der Waals surface area contributed by atoms with Crippen LogP contribution < -0.4 is 0 Å². The number of hydrogen-bond donors (Lipinski definition) is 0. The normalized spacial score (nSPS) is 17.7. The molecule has 0 fully saturated rings. The van der Waals surface area contributed by atoms with E-state index in [1.54, 1.807) is 0 Å². The van der Waals surface area contributed by atoms with Crippen molar-refractivity contribution in [2.75, 3.05) is 0 Å². The summed E-state index contributed by atoms with van der Waals surface area (Å²) >= 11 is 18.8. The van der Waals surface area contributed by atoms with Gasteiger partial charge in [0.2, 0.25) is 3.79 Å². The SMILES string of the molecule is ClC(Cl)(Cl)C1c2ccccc2C=CN1Cc1ccccc1. The lowest BCUT2D eigenvalue weighted by atomic mass is 9.96. The zero-order valence-electron chi connectivity index (χ0n) is 11.2. The lowest BCUT2D eigenvalue weighted by molar-refractivity contribution is 0.271. The van der Waals surface area contributed by atoms with E-state index in [0.717, 1.165) is 11.1 Å². The maximum Gasteiger partial charge on any atom is 0.214 e. The van der Waals surface area contributed by atoms with Crippen molar-refractivity contribution in [3.63, 3.8) is 0 Å². The van der Waals surface area contributed by atoms with E-state index in [1.807, 2.05) is 48.7 Å². The molecule has 0 saturated heterocycles. The van der Waals surface area contributed by atoms with Gasteiger partial charge in [0.05, 0.1) is 0 Å². The van der Waals surface area contributed by atoms with Gasteiger partial charge in [0.25, 0.3) is 0 Å². The van der Waals surface area contributed by atoms with Crippen LogP contribution in [0.3, 0.4) is 0 Å². The Hall–Kier alpha value is -1.15. The summed E-state index contributed by atoms with van der Waals surface area (Å²) in [6.07, 6.45) is 4.06. The van der Waals surface area contributed by atoms with E-state index >= 15 is 0 Å². The summed E-state index contributed by atoms with van der Waals surface area (Å²) in [6, 6.07) is 17.9. The van der Waals surface area contributed by atoms with Crippen molar-refractivity contribution in [1.29, 1.82) is 0 Å². The van der Waals surface area contributed by atoms with Crippen LogP contribution in [0.2, 0.25) is 0 Å². The van der Waals surface area contributed by atoms with Gasteiger partial charge < -0.3 is 4.90 Å². The van der Waals surface area contributed by atoms with Gasteiger partial charge in [-0.05, 0) is 22.8 Å². The van der Waals surface area contributed by atoms with Gasteiger partial charge in [-0.1, -0.05) is 89.4 Å². The molecular weight excluding hydrogens is 325 g/mol. The fourth-order valence-corrected chi connectivity index (χ4v) is 3.38. The lowest BCUT2D eigenvalue weighted by Gasteiger charge is -2.39. The number of alkyl halides is 3. The van der Waals surface area contributed by atoms with E-state index in [2.05, 4.69) is 23.1 Å². The Morgan fingerprint density at radius 2 is 1.57 bits per heavy atom. The topological polar surface area (TPSA) is 3.24 Å². The second-order valence-electron chi connectivity index (χ2n) is 5.05. The summed E-state index contributed by atoms with van der Waals surface area (Å²) in [5.74, 6) is 0. The molecule has 21 heavy (non-hydrogen) atoms. The molecule has 0 N–H and O–H groups in total. The fraction of sp³-hybridized carbons (Fsp3) is 0.176. The number of rotatable bonds is 2. The van der Waals surface area contributed by atoms with E-state index < -0.39 is 3.79 Å². The average molecular weight is 339 g/mol. The standard InChI is InChI=1S/C17H14Cl3N/c18-17(19,20)16-15-9-5-4-8-14(15)10-11-21(16)12-13-6-2-1-3-7-13/h1-11,16H,12H2. The van der Waals surface area contributed by atoms with Crippen molar-refractivity contribution < 1.29 is 0 Å². The first-order valence-electron chi connectivity index (χ1n) is 6.69. The first-order chi connectivity index (χ1) is 10.1. The molecule has 1 heterocycles. The highest BCUT2D eigenvalue weighted by Crippen LogP contribution is 2.47. The minimum atomic E-state index is -1.39. The molecule has 0 radical (unpaired) electrons. The van der Waals surface area contributed by atoms with Crippen LogP contribution in [-0.4, -0.2) is 8.69 Å². The summed E-state index contributed by atoms with van der Waals surface area (Å²) in [7, 11) is 0. The summed E-state index contributed by atoms with van der Waals surface area (Å²) < 4.78 is -1.39. The number of halogens is 3. The lowest BCUT2D eigenvalue weighted by Crippen LogP contribution is -2.35. The highest BCUT2D eigenvalue weighted by atomic mass is 35.6. The molecule has 0 aliphatic carbocycles.